The number of nitrogens with zero attached hydrogens (tertiary/aromatic N) is 3. The van der Waals surface area contributed by atoms with Crippen LogP contribution in [0.25, 0.3) is 10.9 Å². The van der Waals surface area contributed by atoms with Gasteiger partial charge in [0, 0.05) is 24.7 Å². The third-order valence-corrected chi connectivity index (χ3v) is 5.92. The van der Waals surface area contributed by atoms with Crippen LogP contribution in [0.4, 0.5) is 17.2 Å². The van der Waals surface area contributed by atoms with Gasteiger partial charge in [-0.05, 0) is 69.0 Å². The zero-order valence-electron chi connectivity index (χ0n) is 20.8. The topological polar surface area (TPSA) is 106 Å². The lowest BCUT2D eigenvalue weighted by Crippen LogP contribution is -2.23. The maximum Gasteiger partial charge on any atom is 0.259 e. The number of aromatic amines is 1. The number of amides is 1. The van der Waals surface area contributed by atoms with Gasteiger partial charge < -0.3 is 19.9 Å². The Balaban J connectivity index is 1.47. The number of ether oxygens (including phenoxy) is 1. The number of carbonyl (C=O) groups is 1. The molecule has 3 aromatic carbocycles. The van der Waals surface area contributed by atoms with Gasteiger partial charge in [-0.2, -0.15) is 5.10 Å². The van der Waals surface area contributed by atoms with Crippen LogP contribution in [0.2, 0.25) is 0 Å². The highest BCUT2D eigenvalue weighted by molar-refractivity contribution is 6.11. The van der Waals surface area contributed by atoms with Gasteiger partial charge in [0.15, 0.2) is 5.82 Å². The minimum Gasteiger partial charge on any atom is -0.489 e. The van der Waals surface area contributed by atoms with E-state index in [1.165, 1.54) is 0 Å². The number of fused-ring (bicyclic) bond motifs is 1. The molecule has 0 saturated heterocycles. The van der Waals surface area contributed by atoms with Crippen LogP contribution in [0.1, 0.15) is 22.3 Å². The van der Waals surface area contributed by atoms with Crippen molar-refractivity contribution in [3.63, 3.8) is 0 Å². The molecule has 0 aliphatic carbocycles. The largest absolute Gasteiger partial charge is 0.489 e. The summed E-state index contributed by atoms with van der Waals surface area (Å²) in [6, 6.07) is 20.8. The quantitative estimate of drug-likeness (QED) is 0.229. The minimum absolute atomic E-state index is 0.301. The van der Waals surface area contributed by atoms with Gasteiger partial charge in [-0.1, -0.05) is 30.3 Å². The van der Waals surface area contributed by atoms with E-state index in [4.69, 9.17) is 4.74 Å². The molecule has 188 valence electrons. The molecular weight excluding hydrogens is 456 g/mol. The van der Waals surface area contributed by atoms with Crippen LogP contribution in [0.15, 0.2) is 66.7 Å². The number of aromatic nitrogens is 2. The van der Waals surface area contributed by atoms with Crippen molar-refractivity contribution in [3.8, 4) is 5.75 Å². The van der Waals surface area contributed by atoms with Crippen molar-refractivity contribution in [1.82, 2.24) is 15.1 Å². The number of H-pyrrole nitrogens is 1. The number of benzene rings is 3. The first kappa shape index (κ1) is 25.0. The normalized spacial score (nSPS) is 11.0. The molecule has 0 unspecified atom stereocenters. The Kier molecular flexibility index (Phi) is 8.04. The van der Waals surface area contributed by atoms with Gasteiger partial charge >= 0.3 is 0 Å². The fraction of sp³-hybridized carbons (Fsp3) is 0.259. The molecule has 4 aromatic rings. The van der Waals surface area contributed by atoms with Crippen LogP contribution in [0, 0.1) is 0 Å². The summed E-state index contributed by atoms with van der Waals surface area (Å²) in [6.07, 6.45) is 0.997. The van der Waals surface area contributed by atoms with Gasteiger partial charge in [-0.25, -0.2) is 0 Å². The minimum atomic E-state index is -0.391. The molecule has 4 rings (SSSR count). The molecule has 9 heteroatoms. The highest BCUT2D eigenvalue weighted by Gasteiger charge is 2.17. The van der Waals surface area contributed by atoms with E-state index in [0.29, 0.717) is 29.4 Å². The summed E-state index contributed by atoms with van der Waals surface area (Å²) in [5.41, 5.74) is 5.51. The number of carbonyl (C=O) groups excluding carboxylic acids is 1. The third kappa shape index (κ3) is 6.12. The van der Waals surface area contributed by atoms with E-state index in [0.717, 1.165) is 41.7 Å². The van der Waals surface area contributed by atoms with Crippen molar-refractivity contribution < 1.29 is 14.7 Å². The molecule has 0 spiro atoms. The molecule has 0 aliphatic heterocycles. The van der Waals surface area contributed by atoms with Crippen molar-refractivity contribution in [2.75, 3.05) is 49.9 Å². The maximum atomic E-state index is 13.1. The standard InChI is InChI=1S/C27H32N6O3/c1-32(2)14-7-15-33(3)20-10-12-22(25(16-20)31-35)27(34)28-26-23-17-21(11-13-24(23)29-30-26)36-18-19-8-5-4-6-9-19/h4-6,8-13,16-17,31,35H,7,14-15,18H2,1-3H3,(H2,28,29,30,34). The Morgan fingerprint density at radius 1 is 1.03 bits per heavy atom. The van der Waals surface area contributed by atoms with E-state index in [1.54, 1.807) is 12.1 Å². The molecule has 1 aromatic heterocycles. The van der Waals surface area contributed by atoms with Crippen LogP contribution in [0.3, 0.4) is 0 Å². The molecule has 36 heavy (non-hydrogen) atoms. The van der Waals surface area contributed by atoms with Crippen LogP contribution in [-0.2, 0) is 6.61 Å². The molecule has 0 saturated carbocycles. The number of rotatable bonds is 11. The fourth-order valence-corrected chi connectivity index (χ4v) is 3.91. The lowest BCUT2D eigenvalue weighted by molar-refractivity contribution is 0.102. The molecule has 0 radical (unpaired) electrons. The van der Waals surface area contributed by atoms with E-state index in [9.17, 15) is 10.0 Å². The molecule has 9 nitrogen and oxygen atoms in total. The van der Waals surface area contributed by atoms with Gasteiger partial charge in [0.2, 0.25) is 0 Å². The van der Waals surface area contributed by atoms with Crippen molar-refractivity contribution in [2.24, 2.45) is 0 Å². The number of anilines is 3. The lowest BCUT2D eigenvalue weighted by atomic mass is 10.1. The monoisotopic (exact) mass is 488 g/mol. The lowest BCUT2D eigenvalue weighted by Gasteiger charge is -2.21. The Morgan fingerprint density at radius 2 is 1.83 bits per heavy atom. The Labute approximate surface area is 210 Å². The first-order valence-corrected chi connectivity index (χ1v) is 11.8. The zero-order valence-corrected chi connectivity index (χ0v) is 20.8. The first-order chi connectivity index (χ1) is 17.4. The Bertz CT molecular complexity index is 1310. The summed E-state index contributed by atoms with van der Waals surface area (Å²) in [4.78, 5) is 17.3. The SMILES string of the molecule is CN(C)CCCN(C)c1ccc(C(=O)Nc2n[nH]c3ccc(OCc4ccccc4)cc23)c(NO)c1. The maximum absolute atomic E-state index is 13.1. The number of hydrogen-bond donors (Lipinski definition) is 4. The molecule has 1 heterocycles. The van der Waals surface area contributed by atoms with Crippen LogP contribution in [0.5, 0.6) is 5.75 Å². The summed E-state index contributed by atoms with van der Waals surface area (Å²) in [5, 5.41) is 20.5. The van der Waals surface area contributed by atoms with E-state index in [-0.39, 0.29) is 0 Å². The van der Waals surface area contributed by atoms with E-state index in [1.807, 2.05) is 75.7 Å². The van der Waals surface area contributed by atoms with Gasteiger partial charge in [-0.15, -0.1) is 0 Å². The van der Waals surface area contributed by atoms with Gasteiger partial charge in [0.05, 0.1) is 16.8 Å². The van der Waals surface area contributed by atoms with Crippen LogP contribution >= 0.6 is 0 Å². The molecule has 4 N–H and O–H groups in total. The summed E-state index contributed by atoms with van der Waals surface area (Å²) in [5.74, 6) is 0.661. The molecule has 0 aliphatic rings. The van der Waals surface area contributed by atoms with Crippen molar-refractivity contribution in [2.45, 2.75) is 13.0 Å². The van der Waals surface area contributed by atoms with Crippen molar-refractivity contribution in [1.29, 1.82) is 0 Å². The van der Waals surface area contributed by atoms with Gasteiger partial charge in [-0.3, -0.25) is 20.6 Å². The second kappa shape index (κ2) is 11.6. The van der Waals surface area contributed by atoms with E-state index < -0.39 is 5.91 Å². The van der Waals surface area contributed by atoms with E-state index in [2.05, 4.69) is 30.8 Å². The Hall–Kier alpha value is -4.08. The predicted molar refractivity (Wildman–Crippen MR) is 143 cm³/mol. The molecule has 0 bridgehead atoms. The average molecular weight is 489 g/mol. The van der Waals surface area contributed by atoms with Crippen molar-refractivity contribution in [3.05, 3.63) is 77.9 Å². The molecule has 0 atom stereocenters. The summed E-state index contributed by atoms with van der Waals surface area (Å²) >= 11 is 0. The van der Waals surface area contributed by atoms with Crippen molar-refractivity contribution >= 4 is 34.0 Å². The smallest absolute Gasteiger partial charge is 0.259 e. The summed E-state index contributed by atoms with van der Waals surface area (Å²) in [7, 11) is 6.07. The van der Waals surface area contributed by atoms with Crippen LogP contribution in [-0.4, -0.2) is 60.4 Å². The Morgan fingerprint density at radius 3 is 2.58 bits per heavy atom. The van der Waals surface area contributed by atoms with E-state index >= 15 is 0 Å². The third-order valence-electron chi connectivity index (χ3n) is 5.92. The van der Waals surface area contributed by atoms with Gasteiger partial charge in [0.25, 0.3) is 5.91 Å². The molecule has 1 amide bonds. The highest BCUT2D eigenvalue weighted by Crippen LogP contribution is 2.28. The highest BCUT2D eigenvalue weighted by atomic mass is 16.5. The predicted octanol–water partition coefficient (Wildman–Crippen LogP) is 4.58. The van der Waals surface area contributed by atoms with Crippen LogP contribution < -0.4 is 20.4 Å². The fourth-order valence-electron chi connectivity index (χ4n) is 3.91. The number of hydrogen-bond acceptors (Lipinski definition) is 7. The number of nitrogens with one attached hydrogen (secondary N) is 3. The second-order valence-corrected chi connectivity index (χ2v) is 8.93. The summed E-state index contributed by atoms with van der Waals surface area (Å²) < 4.78 is 5.92. The summed E-state index contributed by atoms with van der Waals surface area (Å²) in [6.45, 7) is 2.27. The second-order valence-electron chi connectivity index (χ2n) is 8.93. The van der Waals surface area contributed by atoms with Gasteiger partial charge in [0.1, 0.15) is 12.4 Å². The average Bonchev–Trinajstić information content (AvgIpc) is 3.29. The zero-order chi connectivity index (χ0) is 25.5. The first-order valence-electron chi connectivity index (χ1n) is 11.8. The molecule has 0 fully saturated rings. The molecular formula is C27H32N6O3.